The number of piperazine rings is 1. The van der Waals surface area contributed by atoms with Crippen LogP contribution in [0, 0.1) is 34.3 Å². The first kappa shape index (κ1) is 64.9. The summed E-state index contributed by atoms with van der Waals surface area (Å²) in [6.07, 6.45) is -14.2. The average molecular weight is 1230 g/mol. The second kappa shape index (κ2) is 26.7. The summed E-state index contributed by atoms with van der Waals surface area (Å²) in [5, 5.41) is 19.2. The van der Waals surface area contributed by atoms with Crippen LogP contribution in [0.5, 0.6) is 0 Å². The van der Waals surface area contributed by atoms with Crippen LogP contribution in [0.25, 0.3) is 11.3 Å². The summed E-state index contributed by atoms with van der Waals surface area (Å²) in [6, 6.07) is 4.73. The lowest BCUT2D eigenvalue weighted by molar-refractivity contribution is -0.221. The van der Waals surface area contributed by atoms with Crippen molar-refractivity contribution in [1.82, 2.24) is 46.0 Å². The van der Waals surface area contributed by atoms with Crippen LogP contribution in [-0.4, -0.2) is 161 Å². The Bertz CT molecular complexity index is 3070. The number of alkyl halides is 9. The highest BCUT2D eigenvalue weighted by atomic mass is 35.5. The van der Waals surface area contributed by atoms with Gasteiger partial charge in [0.15, 0.2) is 6.07 Å². The van der Waals surface area contributed by atoms with Gasteiger partial charge in [-0.05, 0) is 95.0 Å². The van der Waals surface area contributed by atoms with E-state index in [1.54, 1.807) is 17.6 Å². The summed E-state index contributed by atoms with van der Waals surface area (Å²) in [5.41, 5.74) is -5.05. The number of aromatic nitrogens is 3. The number of methoxy groups -OCH3 is 1. The van der Waals surface area contributed by atoms with Gasteiger partial charge in [0.05, 0.1) is 55.5 Å². The zero-order chi connectivity index (χ0) is 62.3. The Morgan fingerprint density at radius 2 is 1.41 bits per heavy atom. The third-order valence-corrected chi connectivity index (χ3v) is 15.1. The summed E-state index contributed by atoms with van der Waals surface area (Å²) in [4.78, 5) is 75.7. The highest BCUT2D eigenvalue weighted by molar-refractivity contribution is 6.17. The van der Waals surface area contributed by atoms with Gasteiger partial charge in [0, 0.05) is 66.4 Å². The molecule has 2 bridgehead atoms. The van der Waals surface area contributed by atoms with E-state index < -0.39 is 132 Å². The van der Waals surface area contributed by atoms with Crippen LogP contribution in [-0.2, 0) is 41.5 Å². The third kappa shape index (κ3) is 15.6. The zero-order valence-electron chi connectivity index (χ0n) is 46.0. The van der Waals surface area contributed by atoms with Crippen molar-refractivity contribution in [3.05, 3.63) is 101 Å². The van der Waals surface area contributed by atoms with Crippen molar-refractivity contribution in [2.45, 2.75) is 115 Å². The highest BCUT2D eigenvalue weighted by Gasteiger charge is 2.57. The number of nitrogens with one attached hydrogen (secondary N) is 4. The number of hydrogen-bond donors (Lipinski definition) is 5. The molecule has 462 valence electrons. The molecular weight excluding hydrogens is 1170 g/mol. The average Bonchev–Trinajstić information content (AvgIpc) is 2.94. The molecule has 6 unspecified atom stereocenters. The number of anilines is 1. The lowest BCUT2D eigenvalue weighted by atomic mass is 9.82. The maximum absolute atomic E-state index is 16.3. The molecule has 3 aliphatic heterocycles. The molecule has 5 N–H and O–H groups in total. The van der Waals surface area contributed by atoms with Gasteiger partial charge in [-0.1, -0.05) is 35.6 Å². The standard InChI is InChI=1S/C54H59ClF10N10O10/c1-51(2,53(60,61)62)43(68-48(78)79)45(76)67-40(18-30-9-6-29(7-10-30)8-11-31-12-15-42(66-21-31)72-22-33-13-14-34(23-72)75(33)35-26-83-27-35)41(85-50(81)84-28-55)25-73(71-46(77)44(69-49(80)82-5)52(3,4)54(63,64)65)24-36-37(56)19-32(20-38(36)57)39-16-17-74(70-39)47(58)59/h6-7,9-10,12,15-17,19-21,33-35,40-41,43-44,47,68H,13-14,18,22-28H2,1-5H3,(H,67,76)(H,69,80)(H,71,77)(H,78,79). The zero-order valence-corrected chi connectivity index (χ0v) is 46.8. The third-order valence-electron chi connectivity index (χ3n) is 15.0. The molecule has 4 aromatic rings. The summed E-state index contributed by atoms with van der Waals surface area (Å²) in [7, 11) is 0.753. The number of carboxylic acid groups (broad SMARTS) is 1. The number of halogens is 11. The molecule has 6 atom stereocenters. The number of fused-ring (bicyclic) bond motifs is 2. The minimum atomic E-state index is -5.30. The molecule has 2 aromatic heterocycles. The Hall–Kier alpha value is -7.62. The number of nitrogens with zero attached hydrogens (tertiary/aromatic N) is 6. The van der Waals surface area contributed by atoms with Crippen LogP contribution in [0.2, 0.25) is 0 Å². The van der Waals surface area contributed by atoms with Gasteiger partial charge in [0.1, 0.15) is 35.6 Å². The minimum absolute atomic E-state index is 0.171. The van der Waals surface area contributed by atoms with Crippen LogP contribution >= 0.6 is 11.6 Å². The fourth-order valence-electron chi connectivity index (χ4n) is 9.93. The van der Waals surface area contributed by atoms with Gasteiger partial charge in [0.25, 0.3) is 5.91 Å². The molecular formula is C54H59ClF10N10O10. The molecule has 3 saturated heterocycles. The first-order chi connectivity index (χ1) is 39.9. The molecule has 2 aromatic carbocycles. The number of carbonyl (C=O) groups is 5. The maximum Gasteiger partial charge on any atom is 0.509 e. The van der Waals surface area contributed by atoms with Crippen molar-refractivity contribution in [3.63, 3.8) is 0 Å². The van der Waals surface area contributed by atoms with Crippen molar-refractivity contribution in [2.24, 2.45) is 10.8 Å². The normalized spacial score (nSPS) is 18.1. The lowest BCUT2D eigenvalue weighted by Crippen LogP contribution is -2.64. The van der Waals surface area contributed by atoms with Gasteiger partial charge in [-0.15, -0.1) is 0 Å². The van der Waals surface area contributed by atoms with E-state index in [4.69, 9.17) is 25.8 Å². The molecule has 85 heavy (non-hydrogen) atoms. The van der Waals surface area contributed by atoms with Gasteiger partial charge in [-0.3, -0.25) is 19.9 Å². The molecule has 3 aliphatic rings. The molecule has 5 heterocycles. The van der Waals surface area contributed by atoms with E-state index in [0.717, 1.165) is 64.3 Å². The number of pyridine rings is 1. The summed E-state index contributed by atoms with van der Waals surface area (Å²) >= 11 is 5.65. The first-order valence-electron chi connectivity index (χ1n) is 26.1. The number of hydrogen-bond acceptors (Lipinski definition) is 14. The molecule has 0 spiro atoms. The Labute approximate surface area is 484 Å². The van der Waals surface area contributed by atoms with Gasteiger partial charge >= 0.3 is 37.2 Å². The topological polar surface area (TPSA) is 231 Å². The number of hydrazine groups is 1. The largest absolute Gasteiger partial charge is 0.509 e. The van der Waals surface area contributed by atoms with Crippen LogP contribution in [0.1, 0.15) is 69.3 Å². The summed E-state index contributed by atoms with van der Waals surface area (Å²) in [6.45, 7) is -0.585. The molecule has 0 radical (unpaired) electrons. The van der Waals surface area contributed by atoms with Gasteiger partial charge in [-0.2, -0.15) is 40.2 Å². The second-order valence-electron chi connectivity index (χ2n) is 21.4. The number of rotatable bonds is 21. The van der Waals surface area contributed by atoms with E-state index in [2.05, 4.69) is 41.8 Å². The van der Waals surface area contributed by atoms with Gasteiger partial charge in [-0.25, -0.2) is 37.8 Å². The van der Waals surface area contributed by atoms with Crippen molar-refractivity contribution in [2.75, 3.05) is 50.9 Å². The predicted molar refractivity (Wildman–Crippen MR) is 281 cm³/mol. The number of benzene rings is 2. The molecule has 4 amide bonds. The van der Waals surface area contributed by atoms with Crippen molar-refractivity contribution in [3.8, 4) is 23.1 Å². The molecule has 0 saturated carbocycles. The fourth-order valence-corrected chi connectivity index (χ4v) is 10.0. The van der Waals surface area contributed by atoms with E-state index in [1.165, 1.54) is 29.6 Å². The van der Waals surface area contributed by atoms with E-state index in [0.29, 0.717) is 74.1 Å². The van der Waals surface area contributed by atoms with Crippen LogP contribution in [0.3, 0.4) is 0 Å². The van der Waals surface area contributed by atoms with Crippen LogP contribution in [0.4, 0.5) is 64.1 Å². The summed E-state index contributed by atoms with van der Waals surface area (Å²) < 4.78 is 168. The Morgan fingerprint density at radius 1 is 0.824 bits per heavy atom. The minimum Gasteiger partial charge on any atom is -0.465 e. The quantitative estimate of drug-likeness (QED) is 0.0176. The lowest BCUT2D eigenvalue weighted by Gasteiger charge is -2.47. The molecule has 31 heteroatoms. The monoisotopic (exact) mass is 1230 g/mol. The highest BCUT2D eigenvalue weighted by Crippen LogP contribution is 2.42. The van der Waals surface area contributed by atoms with Gasteiger partial charge in [0.2, 0.25) is 5.91 Å². The van der Waals surface area contributed by atoms with Crippen LogP contribution in [0.15, 0.2) is 67.0 Å². The van der Waals surface area contributed by atoms with Crippen molar-refractivity contribution < 1.29 is 91.9 Å². The molecule has 3 fully saturated rings. The number of alkyl carbamates (subject to hydrolysis) is 1. The summed E-state index contributed by atoms with van der Waals surface area (Å²) in [5.74, 6) is 0.323. The van der Waals surface area contributed by atoms with Crippen molar-refractivity contribution in [1.29, 1.82) is 0 Å². The number of ether oxygens (including phenoxy) is 4. The Morgan fingerprint density at radius 3 is 1.92 bits per heavy atom. The van der Waals surface area contributed by atoms with E-state index in [9.17, 15) is 64.2 Å². The second-order valence-corrected chi connectivity index (χ2v) is 21.6. The SMILES string of the molecule is COC(=O)NC(C(=O)NN(Cc1c(F)cc(-c2ccn(C(F)F)n2)cc1F)CC(OC(=O)OCCl)C(Cc1ccc(C#Cc2ccc(N3CC4CCC(C3)N4C3COC3)nc2)cc1)NC(=O)C(NC(=O)O)C(C)(C)C(F)(F)F)C(C)(C)C(F)(F)F. The first-order valence-corrected chi connectivity index (χ1v) is 26.6. The number of amides is 4. The van der Waals surface area contributed by atoms with Crippen LogP contribution < -0.4 is 26.3 Å². The molecule has 20 nitrogen and oxygen atoms in total. The van der Waals surface area contributed by atoms with Gasteiger partial charge < -0.3 is 44.9 Å². The molecule has 7 rings (SSSR count). The van der Waals surface area contributed by atoms with E-state index >= 15 is 8.78 Å². The fraction of sp³-hybridized carbons (Fsp3) is 0.500. The maximum atomic E-state index is 16.3. The molecule has 0 aliphatic carbocycles. The number of carbonyl (C=O) groups excluding carboxylic acids is 4. The van der Waals surface area contributed by atoms with Crippen molar-refractivity contribution >= 4 is 47.6 Å². The Kier molecular flexibility index (Phi) is 20.4. The Balaban J connectivity index is 1.25. The smallest absolute Gasteiger partial charge is 0.465 e. The predicted octanol–water partition coefficient (Wildman–Crippen LogP) is 7.89. The van der Waals surface area contributed by atoms with E-state index in [-0.39, 0.29) is 15.9 Å². The van der Waals surface area contributed by atoms with E-state index in [1.807, 2.05) is 11.5 Å².